The first-order valence-corrected chi connectivity index (χ1v) is 11.8. The van der Waals surface area contributed by atoms with E-state index in [1.54, 1.807) is 11.3 Å². The van der Waals surface area contributed by atoms with Crippen LogP contribution in [0.4, 0.5) is 0 Å². The first-order valence-electron chi connectivity index (χ1n) is 10.2. The van der Waals surface area contributed by atoms with Crippen LogP contribution in [0.15, 0.2) is 58.4 Å². The lowest BCUT2D eigenvalue weighted by atomic mass is 10.0. The molecule has 0 saturated heterocycles. The average Bonchev–Trinajstić information content (AvgIpc) is 3.19. The van der Waals surface area contributed by atoms with Crippen LogP contribution >= 0.6 is 27.3 Å². The number of amides is 1. The molecule has 1 amide bonds. The van der Waals surface area contributed by atoms with Gasteiger partial charge < -0.3 is 9.64 Å². The van der Waals surface area contributed by atoms with Crippen molar-refractivity contribution in [3.8, 4) is 5.75 Å². The molecule has 0 radical (unpaired) electrons. The van der Waals surface area contributed by atoms with Gasteiger partial charge in [0.1, 0.15) is 17.4 Å². The number of thiazole rings is 1. The lowest BCUT2D eigenvalue weighted by Gasteiger charge is -2.21. The molecule has 1 heterocycles. The molecule has 0 aliphatic heterocycles. The standard InChI is InChI=1S/C24H27BrN2O2S/c1-4-12-27(24(28)18-8-7-9-19(25)13-18)14-20-16-30-23(26-20)15-29-22-11-6-5-10-21(22)17(2)3/h5-11,13,16-17H,4,12,14-15H2,1-3H3. The van der Waals surface area contributed by atoms with E-state index < -0.39 is 0 Å². The van der Waals surface area contributed by atoms with E-state index in [1.807, 2.05) is 52.7 Å². The first kappa shape index (κ1) is 22.5. The van der Waals surface area contributed by atoms with Gasteiger partial charge in [-0.05, 0) is 42.2 Å². The van der Waals surface area contributed by atoms with Crippen LogP contribution in [0.3, 0.4) is 0 Å². The number of benzene rings is 2. The van der Waals surface area contributed by atoms with Crippen molar-refractivity contribution in [3.63, 3.8) is 0 Å². The van der Waals surface area contributed by atoms with E-state index in [9.17, 15) is 4.79 Å². The highest BCUT2D eigenvalue weighted by Gasteiger charge is 2.17. The number of hydrogen-bond acceptors (Lipinski definition) is 4. The van der Waals surface area contributed by atoms with Crippen LogP contribution in [-0.4, -0.2) is 22.3 Å². The zero-order chi connectivity index (χ0) is 21.5. The Balaban J connectivity index is 1.66. The number of carbonyl (C=O) groups excluding carboxylic acids is 1. The summed E-state index contributed by atoms with van der Waals surface area (Å²) in [5.41, 5.74) is 2.78. The summed E-state index contributed by atoms with van der Waals surface area (Å²) in [6.45, 7) is 8.02. The third-order valence-corrected chi connectivity index (χ3v) is 6.06. The zero-order valence-electron chi connectivity index (χ0n) is 17.6. The van der Waals surface area contributed by atoms with Crippen molar-refractivity contribution < 1.29 is 9.53 Å². The number of para-hydroxylation sites is 1. The summed E-state index contributed by atoms with van der Waals surface area (Å²) in [5, 5.41) is 2.93. The molecular formula is C24H27BrN2O2S. The molecule has 0 fully saturated rings. The van der Waals surface area contributed by atoms with Crippen molar-refractivity contribution in [2.75, 3.05) is 6.54 Å². The smallest absolute Gasteiger partial charge is 0.254 e. The molecule has 3 aromatic rings. The molecule has 0 bridgehead atoms. The van der Waals surface area contributed by atoms with Gasteiger partial charge in [-0.2, -0.15) is 0 Å². The van der Waals surface area contributed by atoms with Gasteiger partial charge in [0.2, 0.25) is 0 Å². The molecule has 0 saturated carbocycles. The Kier molecular flexibility index (Phi) is 8.05. The van der Waals surface area contributed by atoms with E-state index in [4.69, 9.17) is 9.72 Å². The van der Waals surface area contributed by atoms with E-state index in [1.165, 1.54) is 5.56 Å². The van der Waals surface area contributed by atoms with Gasteiger partial charge >= 0.3 is 0 Å². The van der Waals surface area contributed by atoms with E-state index >= 15 is 0 Å². The fourth-order valence-corrected chi connectivity index (χ4v) is 4.33. The monoisotopic (exact) mass is 486 g/mol. The summed E-state index contributed by atoms with van der Waals surface area (Å²) in [4.78, 5) is 19.5. The van der Waals surface area contributed by atoms with Crippen molar-refractivity contribution in [1.29, 1.82) is 0 Å². The normalized spacial score (nSPS) is 11.0. The van der Waals surface area contributed by atoms with Crippen molar-refractivity contribution in [2.24, 2.45) is 0 Å². The minimum absolute atomic E-state index is 0.0230. The lowest BCUT2D eigenvalue weighted by Crippen LogP contribution is -2.31. The Morgan fingerprint density at radius 2 is 2.00 bits per heavy atom. The Bertz CT molecular complexity index is 987. The molecule has 4 nitrogen and oxygen atoms in total. The molecule has 158 valence electrons. The van der Waals surface area contributed by atoms with E-state index in [2.05, 4.69) is 42.8 Å². The number of nitrogens with zero attached hydrogens (tertiary/aromatic N) is 2. The summed E-state index contributed by atoms with van der Waals surface area (Å²) in [6, 6.07) is 15.6. The third-order valence-electron chi connectivity index (χ3n) is 4.70. The van der Waals surface area contributed by atoms with Gasteiger partial charge in [-0.15, -0.1) is 11.3 Å². The zero-order valence-corrected chi connectivity index (χ0v) is 20.0. The summed E-state index contributed by atoms with van der Waals surface area (Å²) in [7, 11) is 0. The molecule has 0 unspecified atom stereocenters. The molecule has 0 N–H and O–H groups in total. The summed E-state index contributed by atoms with van der Waals surface area (Å²) < 4.78 is 6.94. The molecule has 1 aromatic heterocycles. The highest BCUT2D eigenvalue weighted by atomic mass is 79.9. The lowest BCUT2D eigenvalue weighted by molar-refractivity contribution is 0.0741. The van der Waals surface area contributed by atoms with E-state index in [0.717, 1.165) is 27.3 Å². The number of carbonyl (C=O) groups is 1. The molecule has 6 heteroatoms. The molecule has 3 rings (SSSR count). The Hall–Kier alpha value is -2.18. The number of hydrogen-bond donors (Lipinski definition) is 0. The fourth-order valence-electron chi connectivity index (χ4n) is 3.24. The largest absolute Gasteiger partial charge is 0.486 e. The van der Waals surface area contributed by atoms with Crippen LogP contribution in [0, 0.1) is 0 Å². The summed E-state index contributed by atoms with van der Waals surface area (Å²) in [5.74, 6) is 1.33. The predicted octanol–water partition coefficient (Wildman–Crippen LogP) is 6.66. The van der Waals surface area contributed by atoms with Gasteiger partial charge in [-0.3, -0.25) is 4.79 Å². The van der Waals surface area contributed by atoms with Gasteiger partial charge in [0.15, 0.2) is 0 Å². The second-order valence-corrected chi connectivity index (χ2v) is 9.31. The molecule has 2 aromatic carbocycles. The minimum atomic E-state index is 0.0230. The summed E-state index contributed by atoms with van der Waals surface area (Å²) >= 11 is 5.02. The van der Waals surface area contributed by atoms with Crippen LogP contribution < -0.4 is 4.74 Å². The maximum Gasteiger partial charge on any atom is 0.254 e. The number of ether oxygens (including phenoxy) is 1. The average molecular weight is 487 g/mol. The highest BCUT2D eigenvalue weighted by Crippen LogP contribution is 2.27. The molecule has 30 heavy (non-hydrogen) atoms. The highest BCUT2D eigenvalue weighted by molar-refractivity contribution is 9.10. The van der Waals surface area contributed by atoms with Crippen molar-refractivity contribution >= 4 is 33.2 Å². The second kappa shape index (κ2) is 10.7. The number of aromatic nitrogens is 1. The van der Waals surface area contributed by atoms with Crippen LogP contribution in [0.25, 0.3) is 0 Å². The fraction of sp³-hybridized carbons (Fsp3) is 0.333. The van der Waals surface area contributed by atoms with Crippen LogP contribution in [0.2, 0.25) is 0 Å². The Labute approximate surface area is 191 Å². The van der Waals surface area contributed by atoms with Crippen molar-refractivity contribution in [3.05, 3.63) is 80.2 Å². The van der Waals surface area contributed by atoms with Gasteiger partial charge in [0, 0.05) is 22.0 Å². The SMILES string of the molecule is CCCN(Cc1csc(COc2ccccc2C(C)C)n1)C(=O)c1cccc(Br)c1. The Morgan fingerprint density at radius 3 is 2.73 bits per heavy atom. The number of rotatable bonds is 9. The van der Waals surface area contributed by atoms with Crippen molar-refractivity contribution in [1.82, 2.24) is 9.88 Å². The molecule has 0 aliphatic carbocycles. The van der Waals surface area contributed by atoms with Gasteiger partial charge in [0.05, 0.1) is 12.2 Å². The third kappa shape index (κ3) is 5.92. The van der Waals surface area contributed by atoms with Crippen molar-refractivity contribution in [2.45, 2.75) is 46.3 Å². The first-order chi connectivity index (χ1) is 14.5. The second-order valence-electron chi connectivity index (χ2n) is 7.45. The van der Waals surface area contributed by atoms with E-state index in [-0.39, 0.29) is 5.91 Å². The molecule has 0 spiro atoms. The maximum absolute atomic E-state index is 13.0. The van der Waals surface area contributed by atoms with Gasteiger partial charge in [-0.25, -0.2) is 4.98 Å². The van der Waals surface area contributed by atoms with Gasteiger partial charge in [0.25, 0.3) is 5.91 Å². The van der Waals surface area contributed by atoms with Crippen LogP contribution in [0.5, 0.6) is 5.75 Å². The molecule has 0 aliphatic rings. The van der Waals surface area contributed by atoms with E-state index in [0.29, 0.717) is 31.2 Å². The molecular weight excluding hydrogens is 460 g/mol. The number of halogens is 1. The van der Waals surface area contributed by atoms with Crippen LogP contribution in [0.1, 0.15) is 59.7 Å². The minimum Gasteiger partial charge on any atom is -0.486 e. The van der Waals surface area contributed by atoms with Crippen LogP contribution in [-0.2, 0) is 13.2 Å². The summed E-state index contributed by atoms with van der Waals surface area (Å²) in [6.07, 6.45) is 0.895. The molecule has 0 atom stereocenters. The quantitative estimate of drug-likeness (QED) is 0.339. The predicted molar refractivity (Wildman–Crippen MR) is 126 cm³/mol. The Morgan fingerprint density at radius 1 is 1.20 bits per heavy atom. The van der Waals surface area contributed by atoms with Gasteiger partial charge in [-0.1, -0.05) is 61.0 Å². The topological polar surface area (TPSA) is 42.4 Å². The maximum atomic E-state index is 13.0.